The van der Waals surface area contributed by atoms with E-state index in [-0.39, 0.29) is 17.4 Å². The molecule has 0 bridgehead atoms. The van der Waals surface area contributed by atoms with Crippen LogP contribution in [0.25, 0.3) is 5.76 Å². The van der Waals surface area contributed by atoms with Gasteiger partial charge in [0.15, 0.2) is 0 Å². The van der Waals surface area contributed by atoms with Crippen molar-refractivity contribution in [3.05, 3.63) is 83.4 Å². The molecule has 1 N–H and O–H groups in total. The number of ether oxygens (including phenoxy) is 3. The predicted molar refractivity (Wildman–Crippen MR) is 145 cm³/mol. The number of nitrogens with zero attached hydrogens (tertiary/aromatic N) is 2. The van der Waals surface area contributed by atoms with Crippen LogP contribution in [0.2, 0.25) is 0 Å². The second kappa shape index (κ2) is 10.1. The van der Waals surface area contributed by atoms with Crippen LogP contribution in [-0.4, -0.2) is 50.2 Å². The van der Waals surface area contributed by atoms with Crippen LogP contribution in [0.15, 0.2) is 72.3 Å². The summed E-state index contributed by atoms with van der Waals surface area (Å²) in [5.74, 6) is 0.274. The Bertz CT molecular complexity index is 1400. The zero-order valence-electron chi connectivity index (χ0n) is 21.8. The molecule has 0 saturated carbocycles. The first-order valence-electron chi connectivity index (χ1n) is 12.5. The Hall–Kier alpha value is -4.46. The van der Waals surface area contributed by atoms with E-state index in [0.717, 1.165) is 5.69 Å². The van der Waals surface area contributed by atoms with Gasteiger partial charge < -0.3 is 24.2 Å². The molecular formula is C30H30N2O6. The number of aliphatic hydroxyl groups excluding tert-OH is 1. The number of likely N-dealkylation sites (N-methyl/N-ethyl adjacent to an activating group) is 1. The number of carbonyl (C=O) groups excluding carboxylic acids is 2. The maximum absolute atomic E-state index is 13.5. The summed E-state index contributed by atoms with van der Waals surface area (Å²) in [6.07, 6.45) is -0.00287. The highest BCUT2D eigenvalue weighted by molar-refractivity contribution is 6.51. The summed E-state index contributed by atoms with van der Waals surface area (Å²) in [5.41, 5.74) is 2.42. The quantitative estimate of drug-likeness (QED) is 0.283. The molecule has 1 atom stereocenters. The largest absolute Gasteiger partial charge is 0.507 e. The van der Waals surface area contributed by atoms with Gasteiger partial charge in [0.05, 0.1) is 37.1 Å². The summed E-state index contributed by atoms with van der Waals surface area (Å²) >= 11 is 0. The Kier molecular flexibility index (Phi) is 6.72. The van der Waals surface area contributed by atoms with Gasteiger partial charge in [-0.05, 0) is 74.0 Å². The highest BCUT2D eigenvalue weighted by atomic mass is 16.5. The second-order valence-corrected chi connectivity index (χ2v) is 9.56. The van der Waals surface area contributed by atoms with E-state index in [0.29, 0.717) is 47.2 Å². The lowest BCUT2D eigenvalue weighted by atomic mass is 9.94. The molecule has 196 valence electrons. The van der Waals surface area contributed by atoms with Crippen molar-refractivity contribution >= 4 is 28.8 Å². The lowest BCUT2D eigenvalue weighted by Gasteiger charge is -2.28. The summed E-state index contributed by atoms with van der Waals surface area (Å²) in [4.78, 5) is 30.4. The molecule has 0 spiro atoms. The lowest BCUT2D eigenvalue weighted by molar-refractivity contribution is -0.132. The van der Waals surface area contributed by atoms with Crippen LogP contribution in [0.5, 0.6) is 17.2 Å². The van der Waals surface area contributed by atoms with E-state index in [1.165, 1.54) is 4.90 Å². The normalized spacial score (nSPS) is 18.4. The predicted octanol–water partition coefficient (Wildman–Crippen LogP) is 4.94. The van der Waals surface area contributed by atoms with Crippen molar-refractivity contribution in [1.82, 2.24) is 0 Å². The summed E-state index contributed by atoms with van der Waals surface area (Å²) in [6, 6.07) is 18.5. The fourth-order valence-electron chi connectivity index (χ4n) is 4.81. The van der Waals surface area contributed by atoms with Crippen LogP contribution in [0.4, 0.5) is 11.4 Å². The number of anilines is 2. The van der Waals surface area contributed by atoms with E-state index in [2.05, 4.69) is 0 Å². The maximum atomic E-state index is 13.5. The van der Waals surface area contributed by atoms with E-state index in [4.69, 9.17) is 14.2 Å². The first-order chi connectivity index (χ1) is 18.3. The molecule has 2 aliphatic rings. The van der Waals surface area contributed by atoms with Crippen molar-refractivity contribution in [3.63, 3.8) is 0 Å². The molecule has 5 rings (SSSR count). The number of methoxy groups -OCH3 is 1. The van der Waals surface area contributed by atoms with E-state index in [9.17, 15) is 14.7 Å². The zero-order chi connectivity index (χ0) is 27.0. The SMILES string of the molecule is COc1ccc(N2C(=O)C(=O)/C(=C(\O)c3ccc4c(c3)N(C)CCO4)C2c2ccc(OC(C)C)cc2)cc1. The molecule has 0 aliphatic carbocycles. The Balaban J connectivity index is 1.65. The third kappa shape index (κ3) is 4.53. The Morgan fingerprint density at radius 2 is 1.68 bits per heavy atom. The number of Topliss-reactive ketones (excluding diaryl/α,β-unsaturated/α-hetero) is 1. The number of benzene rings is 3. The van der Waals surface area contributed by atoms with Gasteiger partial charge in [0.25, 0.3) is 11.7 Å². The van der Waals surface area contributed by atoms with Crippen molar-refractivity contribution < 1.29 is 28.9 Å². The Morgan fingerprint density at radius 1 is 1.00 bits per heavy atom. The number of rotatable bonds is 6. The third-order valence-electron chi connectivity index (χ3n) is 6.69. The molecule has 3 aromatic rings. The fraction of sp³-hybridized carbons (Fsp3) is 0.267. The van der Waals surface area contributed by atoms with Crippen molar-refractivity contribution in [2.45, 2.75) is 26.0 Å². The standard InChI is InChI=1S/C30H30N2O6/c1-18(2)38-23-10-5-19(6-11-23)27-26(28(33)20-7-14-25-24(17-20)31(3)15-16-37-25)29(34)30(35)32(27)21-8-12-22(36-4)13-9-21/h5-14,17-18,27,33H,15-16H2,1-4H3/b28-26-. The Labute approximate surface area is 221 Å². The summed E-state index contributed by atoms with van der Waals surface area (Å²) < 4.78 is 16.8. The monoisotopic (exact) mass is 514 g/mol. The van der Waals surface area contributed by atoms with Crippen molar-refractivity contribution in [2.75, 3.05) is 37.1 Å². The molecule has 3 aromatic carbocycles. The van der Waals surface area contributed by atoms with Crippen LogP contribution in [0, 0.1) is 0 Å². The Morgan fingerprint density at radius 3 is 2.34 bits per heavy atom. The van der Waals surface area contributed by atoms with Crippen LogP contribution < -0.4 is 24.0 Å². The lowest BCUT2D eigenvalue weighted by Crippen LogP contribution is -2.29. The van der Waals surface area contributed by atoms with Gasteiger partial charge in [-0.25, -0.2) is 0 Å². The molecule has 38 heavy (non-hydrogen) atoms. The van der Waals surface area contributed by atoms with Gasteiger partial charge in [-0.1, -0.05) is 12.1 Å². The number of amides is 1. The number of hydrogen-bond donors (Lipinski definition) is 1. The van der Waals surface area contributed by atoms with Gasteiger partial charge in [-0.2, -0.15) is 0 Å². The van der Waals surface area contributed by atoms with Crippen molar-refractivity contribution in [3.8, 4) is 17.2 Å². The van der Waals surface area contributed by atoms with Gasteiger partial charge >= 0.3 is 0 Å². The number of aliphatic hydroxyl groups is 1. The molecular weight excluding hydrogens is 484 g/mol. The zero-order valence-corrected chi connectivity index (χ0v) is 21.8. The van der Waals surface area contributed by atoms with Gasteiger partial charge in [0, 0.05) is 18.3 Å². The van der Waals surface area contributed by atoms with Gasteiger partial charge in [-0.3, -0.25) is 14.5 Å². The average Bonchev–Trinajstić information content (AvgIpc) is 3.18. The van der Waals surface area contributed by atoms with Gasteiger partial charge in [0.1, 0.15) is 29.6 Å². The van der Waals surface area contributed by atoms with E-state index in [1.807, 2.05) is 37.9 Å². The minimum Gasteiger partial charge on any atom is -0.507 e. The van der Waals surface area contributed by atoms with Gasteiger partial charge in [0.2, 0.25) is 0 Å². The first kappa shape index (κ1) is 25.2. The highest BCUT2D eigenvalue weighted by Gasteiger charge is 2.47. The fourth-order valence-corrected chi connectivity index (χ4v) is 4.81. The van der Waals surface area contributed by atoms with Crippen molar-refractivity contribution in [2.24, 2.45) is 0 Å². The first-order valence-corrected chi connectivity index (χ1v) is 12.5. The highest BCUT2D eigenvalue weighted by Crippen LogP contribution is 2.43. The van der Waals surface area contributed by atoms with E-state index < -0.39 is 17.7 Å². The maximum Gasteiger partial charge on any atom is 0.300 e. The molecule has 1 fully saturated rings. The van der Waals surface area contributed by atoms with E-state index >= 15 is 0 Å². The van der Waals surface area contributed by atoms with E-state index in [1.54, 1.807) is 61.7 Å². The number of fused-ring (bicyclic) bond motifs is 1. The van der Waals surface area contributed by atoms with Crippen molar-refractivity contribution in [1.29, 1.82) is 0 Å². The summed E-state index contributed by atoms with van der Waals surface area (Å²) in [5, 5.41) is 11.5. The molecule has 2 aliphatic heterocycles. The van der Waals surface area contributed by atoms with Crippen LogP contribution >= 0.6 is 0 Å². The molecule has 1 amide bonds. The molecule has 2 heterocycles. The van der Waals surface area contributed by atoms with Crippen LogP contribution in [0.1, 0.15) is 31.0 Å². The minimum atomic E-state index is -0.846. The molecule has 0 radical (unpaired) electrons. The van der Waals surface area contributed by atoms with Crippen LogP contribution in [-0.2, 0) is 9.59 Å². The molecule has 8 nitrogen and oxygen atoms in total. The molecule has 0 aromatic heterocycles. The topological polar surface area (TPSA) is 88.5 Å². The number of ketones is 1. The number of hydrogen-bond acceptors (Lipinski definition) is 7. The summed E-state index contributed by atoms with van der Waals surface area (Å²) in [6.45, 7) is 5.14. The minimum absolute atomic E-state index is 0.00287. The second-order valence-electron chi connectivity index (χ2n) is 9.56. The van der Waals surface area contributed by atoms with Gasteiger partial charge in [-0.15, -0.1) is 0 Å². The molecule has 1 unspecified atom stereocenters. The average molecular weight is 515 g/mol. The third-order valence-corrected chi connectivity index (χ3v) is 6.69. The molecule has 8 heteroatoms. The summed E-state index contributed by atoms with van der Waals surface area (Å²) in [7, 11) is 3.50. The smallest absolute Gasteiger partial charge is 0.300 e. The van der Waals surface area contributed by atoms with Crippen LogP contribution in [0.3, 0.4) is 0 Å². The molecule has 1 saturated heterocycles. The number of carbonyl (C=O) groups is 2.